The van der Waals surface area contributed by atoms with E-state index in [1.165, 1.54) is 12.1 Å². The topological polar surface area (TPSA) is 43.9 Å². The molecule has 0 spiro atoms. The predicted molar refractivity (Wildman–Crippen MR) is 120 cm³/mol. The lowest BCUT2D eigenvalue weighted by Gasteiger charge is -2.36. The van der Waals surface area contributed by atoms with Crippen molar-refractivity contribution in [2.45, 2.75) is 26.8 Å². The van der Waals surface area contributed by atoms with Crippen molar-refractivity contribution in [1.29, 1.82) is 0 Å². The van der Waals surface area contributed by atoms with E-state index in [9.17, 15) is 14.0 Å². The van der Waals surface area contributed by atoms with Gasteiger partial charge in [0, 0.05) is 51.7 Å². The van der Waals surface area contributed by atoms with E-state index < -0.39 is 0 Å². The van der Waals surface area contributed by atoms with Gasteiger partial charge in [0.2, 0.25) is 11.8 Å². The number of piperazine rings is 1. The Hall–Kier alpha value is -2.73. The van der Waals surface area contributed by atoms with Gasteiger partial charge in [-0.05, 0) is 23.3 Å². The highest BCUT2D eigenvalue weighted by Crippen LogP contribution is 2.12. The molecule has 2 aromatic carbocycles. The third kappa shape index (κ3) is 6.89. The van der Waals surface area contributed by atoms with Gasteiger partial charge in [-0.25, -0.2) is 4.39 Å². The molecule has 2 aromatic rings. The molecule has 1 aliphatic rings. The van der Waals surface area contributed by atoms with E-state index in [1.807, 2.05) is 54.0 Å². The zero-order chi connectivity index (χ0) is 22.2. The van der Waals surface area contributed by atoms with Crippen LogP contribution >= 0.6 is 0 Å². The van der Waals surface area contributed by atoms with E-state index in [4.69, 9.17) is 0 Å². The van der Waals surface area contributed by atoms with E-state index in [2.05, 4.69) is 4.90 Å². The van der Waals surface area contributed by atoms with Gasteiger partial charge in [-0.1, -0.05) is 56.3 Å². The lowest BCUT2D eigenvalue weighted by Crippen LogP contribution is -2.51. The maximum atomic E-state index is 13.3. The quantitative estimate of drug-likeness (QED) is 0.653. The van der Waals surface area contributed by atoms with Crippen molar-refractivity contribution in [1.82, 2.24) is 14.7 Å². The van der Waals surface area contributed by atoms with Crippen LogP contribution < -0.4 is 0 Å². The molecule has 5 nitrogen and oxygen atoms in total. The van der Waals surface area contributed by atoms with Crippen LogP contribution in [0.2, 0.25) is 0 Å². The molecule has 0 bridgehead atoms. The van der Waals surface area contributed by atoms with Gasteiger partial charge in [0.05, 0.1) is 6.42 Å². The van der Waals surface area contributed by atoms with Crippen LogP contribution in [0.25, 0.3) is 0 Å². The average Bonchev–Trinajstić information content (AvgIpc) is 2.78. The summed E-state index contributed by atoms with van der Waals surface area (Å²) >= 11 is 0. The predicted octanol–water partition coefficient (Wildman–Crippen LogP) is 3.20. The fraction of sp³-hybridized carbons (Fsp3) is 0.440. The SMILES string of the molecule is CC(C)C(=O)N1CCN(CCN(Cc2ccc(F)cc2)C(=O)Cc2ccccc2)CC1. The molecule has 2 amide bonds. The van der Waals surface area contributed by atoms with Gasteiger partial charge < -0.3 is 9.80 Å². The largest absolute Gasteiger partial charge is 0.340 e. The Morgan fingerprint density at radius 3 is 2.19 bits per heavy atom. The van der Waals surface area contributed by atoms with E-state index in [0.29, 0.717) is 19.5 Å². The lowest BCUT2D eigenvalue weighted by atomic mass is 10.1. The standard InChI is InChI=1S/C25H32FN3O2/c1-20(2)25(31)28-15-12-27(13-16-28)14-17-29(19-22-8-10-23(26)11-9-22)24(30)18-21-6-4-3-5-7-21/h3-11,20H,12-19H2,1-2H3. The number of hydrogen-bond acceptors (Lipinski definition) is 3. The number of halogens is 1. The van der Waals surface area contributed by atoms with Crippen LogP contribution in [0.1, 0.15) is 25.0 Å². The molecule has 0 N–H and O–H groups in total. The van der Waals surface area contributed by atoms with Gasteiger partial charge in [-0.15, -0.1) is 0 Å². The van der Waals surface area contributed by atoms with Crippen LogP contribution in [0.3, 0.4) is 0 Å². The molecule has 1 aliphatic heterocycles. The highest BCUT2D eigenvalue weighted by molar-refractivity contribution is 5.79. The molecule has 0 aromatic heterocycles. The van der Waals surface area contributed by atoms with Crippen molar-refractivity contribution in [3.8, 4) is 0 Å². The Labute approximate surface area is 184 Å². The van der Waals surface area contributed by atoms with E-state index in [0.717, 1.165) is 43.9 Å². The van der Waals surface area contributed by atoms with Crippen molar-refractivity contribution in [3.05, 3.63) is 71.5 Å². The number of carbonyl (C=O) groups excluding carboxylic acids is 2. The number of nitrogens with zero attached hydrogens (tertiary/aromatic N) is 3. The van der Waals surface area contributed by atoms with Crippen LogP contribution in [-0.4, -0.2) is 65.8 Å². The minimum absolute atomic E-state index is 0.0216. The molecule has 31 heavy (non-hydrogen) atoms. The fourth-order valence-corrected chi connectivity index (χ4v) is 3.80. The molecule has 0 unspecified atom stereocenters. The minimum Gasteiger partial charge on any atom is -0.340 e. The van der Waals surface area contributed by atoms with Crippen molar-refractivity contribution >= 4 is 11.8 Å². The highest BCUT2D eigenvalue weighted by atomic mass is 19.1. The average molecular weight is 426 g/mol. The molecule has 0 atom stereocenters. The number of rotatable bonds is 8. The Bertz CT molecular complexity index is 847. The highest BCUT2D eigenvalue weighted by Gasteiger charge is 2.23. The lowest BCUT2D eigenvalue weighted by molar-refractivity contribution is -0.136. The van der Waals surface area contributed by atoms with Crippen LogP contribution in [0, 0.1) is 11.7 Å². The molecule has 0 saturated carbocycles. The maximum Gasteiger partial charge on any atom is 0.227 e. The monoisotopic (exact) mass is 425 g/mol. The molecule has 3 rings (SSSR count). The van der Waals surface area contributed by atoms with Crippen LogP contribution in [0.4, 0.5) is 4.39 Å². The summed E-state index contributed by atoms with van der Waals surface area (Å²) in [6.07, 6.45) is 0.346. The first-order valence-corrected chi connectivity index (χ1v) is 11.0. The summed E-state index contributed by atoms with van der Waals surface area (Å²) in [5.74, 6) is 0.00728. The Kier molecular flexibility index (Phi) is 8.18. The van der Waals surface area contributed by atoms with Gasteiger partial charge in [0.25, 0.3) is 0 Å². The second-order valence-electron chi connectivity index (χ2n) is 8.43. The smallest absolute Gasteiger partial charge is 0.227 e. The Morgan fingerprint density at radius 1 is 0.935 bits per heavy atom. The first-order chi connectivity index (χ1) is 14.9. The molecule has 1 saturated heterocycles. The van der Waals surface area contributed by atoms with Gasteiger partial charge in [-0.3, -0.25) is 14.5 Å². The van der Waals surface area contributed by atoms with Crippen LogP contribution in [0.5, 0.6) is 0 Å². The molecule has 166 valence electrons. The number of benzene rings is 2. The Morgan fingerprint density at radius 2 is 1.58 bits per heavy atom. The fourth-order valence-electron chi connectivity index (χ4n) is 3.80. The summed E-state index contributed by atoms with van der Waals surface area (Å²) < 4.78 is 13.3. The van der Waals surface area contributed by atoms with Crippen molar-refractivity contribution in [2.75, 3.05) is 39.3 Å². The van der Waals surface area contributed by atoms with Crippen LogP contribution in [-0.2, 0) is 22.6 Å². The summed E-state index contributed by atoms with van der Waals surface area (Å²) in [7, 11) is 0. The summed E-state index contributed by atoms with van der Waals surface area (Å²) in [5, 5.41) is 0. The third-order valence-corrected chi connectivity index (χ3v) is 5.70. The summed E-state index contributed by atoms with van der Waals surface area (Å²) in [4.78, 5) is 31.3. The van der Waals surface area contributed by atoms with Gasteiger partial charge >= 0.3 is 0 Å². The van der Waals surface area contributed by atoms with E-state index >= 15 is 0 Å². The molecular weight excluding hydrogens is 393 g/mol. The second kappa shape index (κ2) is 11.0. The number of amides is 2. The Balaban J connectivity index is 1.59. The molecule has 6 heteroatoms. The van der Waals surface area contributed by atoms with Crippen LogP contribution in [0.15, 0.2) is 54.6 Å². The number of hydrogen-bond donors (Lipinski definition) is 0. The molecule has 0 radical (unpaired) electrons. The summed E-state index contributed by atoms with van der Waals surface area (Å²) in [6, 6.07) is 16.0. The molecule has 1 heterocycles. The van der Waals surface area contributed by atoms with Crippen molar-refractivity contribution in [3.63, 3.8) is 0 Å². The van der Waals surface area contributed by atoms with E-state index in [1.54, 1.807) is 12.1 Å². The zero-order valence-corrected chi connectivity index (χ0v) is 18.5. The van der Waals surface area contributed by atoms with Crippen molar-refractivity contribution in [2.24, 2.45) is 5.92 Å². The van der Waals surface area contributed by atoms with Crippen molar-refractivity contribution < 1.29 is 14.0 Å². The zero-order valence-electron chi connectivity index (χ0n) is 18.5. The first kappa shape index (κ1) is 22.9. The molecule has 0 aliphatic carbocycles. The maximum absolute atomic E-state index is 13.3. The summed E-state index contributed by atoms with van der Waals surface area (Å²) in [6.45, 7) is 8.76. The number of carbonyl (C=O) groups is 2. The normalized spacial score (nSPS) is 14.6. The molecular formula is C25H32FN3O2. The molecule has 1 fully saturated rings. The van der Waals surface area contributed by atoms with Gasteiger partial charge in [0.15, 0.2) is 0 Å². The van der Waals surface area contributed by atoms with Gasteiger partial charge in [0.1, 0.15) is 5.82 Å². The minimum atomic E-state index is -0.278. The summed E-state index contributed by atoms with van der Waals surface area (Å²) in [5.41, 5.74) is 1.90. The van der Waals surface area contributed by atoms with Gasteiger partial charge in [-0.2, -0.15) is 0 Å². The third-order valence-electron chi connectivity index (χ3n) is 5.70. The second-order valence-corrected chi connectivity index (χ2v) is 8.43. The first-order valence-electron chi connectivity index (χ1n) is 11.0. The van der Waals surface area contributed by atoms with E-state index in [-0.39, 0.29) is 23.5 Å².